The summed E-state index contributed by atoms with van der Waals surface area (Å²) in [5.41, 5.74) is 1.86. The Morgan fingerprint density at radius 1 is 0.889 bits per heavy atom. The Balaban J connectivity index is 1.63. The molecule has 4 rings (SSSR count). The van der Waals surface area contributed by atoms with Crippen molar-refractivity contribution in [3.63, 3.8) is 0 Å². The lowest BCUT2D eigenvalue weighted by molar-refractivity contribution is 0.400. The van der Waals surface area contributed by atoms with Crippen molar-refractivity contribution in [3.8, 4) is 11.4 Å². The van der Waals surface area contributed by atoms with Gasteiger partial charge >= 0.3 is 0 Å². The van der Waals surface area contributed by atoms with E-state index in [1.165, 1.54) is 0 Å². The molecule has 0 saturated heterocycles. The van der Waals surface area contributed by atoms with E-state index in [1.54, 1.807) is 6.20 Å². The van der Waals surface area contributed by atoms with Crippen molar-refractivity contribution in [2.45, 2.75) is 13.5 Å². The van der Waals surface area contributed by atoms with Gasteiger partial charge in [0.15, 0.2) is 11.6 Å². The zero-order valence-electron chi connectivity index (χ0n) is 14.8. The third kappa shape index (κ3) is 4.27. The Kier molecular flexibility index (Phi) is 4.74. The maximum absolute atomic E-state index is 5.11. The fourth-order valence-electron chi connectivity index (χ4n) is 2.56. The lowest BCUT2D eigenvalue weighted by Crippen LogP contribution is -2.06. The molecule has 27 heavy (non-hydrogen) atoms. The molecule has 0 aliphatic rings. The van der Waals surface area contributed by atoms with Crippen LogP contribution in [0.5, 0.6) is 0 Å². The molecule has 0 aliphatic carbocycles. The normalized spacial score (nSPS) is 10.6. The second kappa shape index (κ2) is 7.65. The molecule has 0 spiro atoms. The predicted octanol–water partition coefficient (Wildman–Crippen LogP) is 4.19. The van der Waals surface area contributed by atoms with Crippen LogP contribution in [0.1, 0.15) is 11.5 Å². The number of anilines is 3. The van der Waals surface area contributed by atoms with Crippen molar-refractivity contribution in [2.24, 2.45) is 0 Å². The number of hydrogen-bond acceptors (Lipinski definition) is 7. The third-order valence-corrected chi connectivity index (χ3v) is 3.82. The number of nitrogens with zero attached hydrogens (tertiary/aromatic N) is 4. The van der Waals surface area contributed by atoms with Gasteiger partial charge < -0.3 is 15.2 Å². The van der Waals surface area contributed by atoms with Crippen molar-refractivity contribution >= 4 is 17.5 Å². The first-order valence-electron chi connectivity index (χ1n) is 8.55. The third-order valence-electron chi connectivity index (χ3n) is 3.82. The SMILES string of the molecule is Cc1cc(Nc2cc(NCc3ccccn3)nc(-c3ccccc3)n2)no1. The second-order valence-corrected chi connectivity index (χ2v) is 5.95. The predicted molar refractivity (Wildman–Crippen MR) is 104 cm³/mol. The van der Waals surface area contributed by atoms with E-state index in [0.29, 0.717) is 29.8 Å². The Labute approximate surface area is 156 Å². The lowest BCUT2D eigenvalue weighted by Gasteiger charge is -2.10. The number of aryl methyl sites for hydroxylation is 1. The van der Waals surface area contributed by atoms with E-state index in [0.717, 1.165) is 17.0 Å². The number of nitrogens with one attached hydrogen (secondary N) is 2. The zero-order chi connectivity index (χ0) is 18.5. The topological polar surface area (TPSA) is 88.8 Å². The summed E-state index contributed by atoms with van der Waals surface area (Å²) in [4.78, 5) is 13.6. The molecule has 2 N–H and O–H groups in total. The fraction of sp³-hybridized carbons (Fsp3) is 0.100. The highest BCUT2D eigenvalue weighted by atomic mass is 16.5. The standard InChI is InChI=1S/C20H18N6O/c1-14-11-19(26-27-14)23-18-12-17(22-13-16-9-5-6-10-21-16)24-20(25-18)15-7-3-2-4-8-15/h2-12H,13H2,1H3,(H2,22,23,24,25,26). The van der Waals surface area contributed by atoms with Gasteiger partial charge in [0.25, 0.3) is 0 Å². The Morgan fingerprint density at radius 2 is 1.70 bits per heavy atom. The Hall–Kier alpha value is -3.74. The fourth-order valence-corrected chi connectivity index (χ4v) is 2.56. The average Bonchev–Trinajstić information content (AvgIpc) is 3.12. The monoisotopic (exact) mass is 358 g/mol. The number of benzene rings is 1. The van der Waals surface area contributed by atoms with Crippen LogP contribution in [-0.2, 0) is 6.54 Å². The van der Waals surface area contributed by atoms with Gasteiger partial charge in [0, 0.05) is 23.9 Å². The molecule has 7 heteroatoms. The van der Waals surface area contributed by atoms with Gasteiger partial charge in [0.05, 0.1) is 12.2 Å². The van der Waals surface area contributed by atoms with Crippen LogP contribution in [0.25, 0.3) is 11.4 Å². The molecule has 7 nitrogen and oxygen atoms in total. The van der Waals surface area contributed by atoms with E-state index < -0.39 is 0 Å². The van der Waals surface area contributed by atoms with Crippen LogP contribution in [0, 0.1) is 6.92 Å². The van der Waals surface area contributed by atoms with Gasteiger partial charge in [-0.25, -0.2) is 9.97 Å². The second-order valence-electron chi connectivity index (χ2n) is 5.95. The molecule has 0 aliphatic heterocycles. The summed E-state index contributed by atoms with van der Waals surface area (Å²) >= 11 is 0. The Bertz CT molecular complexity index is 1020. The smallest absolute Gasteiger partial charge is 0.175 e. The lowest BCUT2D eigenvalue weighted by atomic mass is 10.2. The van der Waals surface area contributed by atoms with Crippen LogP contribution in [0.2, 0.25) is 0 Å². The van der Waals surface area contributed by atoms with Crippen molar-refractivity contribution in [2.75, 3.05) is 10.6 Å². The molecule has 0 radical (unpaired) electrons. The van der Waals surface area contributed by atoms with Gasteiger partial charge in [-0.05, 0) is 19.1 Å². The van der Waals surface area contributed by atoms with Crippen LogP contribution in [0.3, 0.4) is 0 Å². The van der Waals surface area contributed by atoms with E-state index in [-0.39, 0.29) is 0 Å². The molecule has 134 valence electrons. The Morgan fingerprint density at radius 3 is 2.44 bits per heavy atom. The number of hydrogen-bond donors (Lipinski definition) is 2. The van der Waals surface area contributed by atoms with Gasteiger partial charge in [-0.15, -0.1) is 0 Å². The highest BCUT2D eigenvalue weighted by Gasteiger charge is 2.09. The molecule has 0 bridgehead atoms. The van der Waals surface area contributed by atoms with Crippen LogP contribution in [-0.4, -0.2) is 20.1 Å². The van der Waals surface area contributed by atoms with Gasteiger partial charge in [-0.1, -0.05) is 41.6 Å². The maximum atomic E-state index is 5.11. The minimum atomic E-state index is 0.564. The van der Waals surface area contributed by atoms with Crippen molar-refractivity contribution in [3.05, 3.63) is 78.3 Å². The summed E-state index contributed by atoms with van der Waals surface area (Å²) in [5, 5.41) is 10.4. The molecule has 0 atom stereocenters. The molecule has 3 heterocycles. The van der Waals surface area contributed by atoms with Gasteiger partial charge in [0.1, 0.15) is 17.4 Å². The molecule has 0 amide bonds. The number of pyridine rings is 1. The molecule has 0 saturated carbocycles. The highest BCUT2D eigenvalue weighted by molar-refractivity contribution is 5.63. The highest BCUT2D eigenvalue weighted by Crippen LogP contribution is 2.22. The molecule has 4 aromatic rings. The van der Waals surface area contributed by atoms with Crippen LogP contribution in [0.4, 0.5) is 17.5 Å². The average molecular weight is 358 g/mol. The van der Waals surface area contributed by atoms with Gasteiger partial charge in [-0.2, -0.15) is 0 Å². The van der Waals surface area contributed by atoms with Crippen LogP contribution in [0.15, 0.2) is 71.4 Å². The van der Waals surface area contributed by atoms with E-state index in [1.807, 2.05) is 67.6 Å². The summed E-state index contributed by atoms with van der Waals surface area (Å²) in [7, 11) is 0. The van der Waals surface area contributed by atoms with E-state index in [9.17, 15) is 0 Å². The van der Waals surface area contributed by atoms with E-state index >= 15 is 0 Å². The van der Waals surface area contributed by atoms with Crippen LogP contribution >= 0.6 is 0 Å². The first-order chi connectivity index (χ1) is 13.3. The molecule has 1 aromatic carbocycles. The van der Waals surface area contributed by atoms with Gasteiger partial charge in [0.2, 0.25) is 0 Å². The molecule has 3 aromatic heterocycles. The maximum Gasteiger partial charge on any atom is 0.175 e. The summed E-state index contributed by atoms with van der Waals surface area (Å²) < 4.78 is 5.11. The van der Waals surface area contributed by atoms with Crippen LogP contribution < -0.4 is 10.6 Å². The number of aromatic nitrogens is 4. The summed E-state index contributed by atoms with van der Waals surface area (Å²) in [6, 6.07) is 19.3. The summed E-state index contributed by atoms with van der Waals surface area (Å²) in [6.07, 6.45) is 1.77. The van der Waals surface area contributed by atoms with E-state index in [2.05, 4.69) is 30.7 Å². The minimum Gasteiger partial charge on any atom is -0.364 e. The zero-order valence-corrected chi connectivity index (χ0v) is 14.8. The molecule has 0 fully saturated rings. The summed E-state index contributed by atoms with van der Waals surface area (Å²) in [5.74, 6) is 3.26. The van der Waals surface area contributed by atoms with Gasteiger partial charge in [-0.3, -0.25) is 4.98 Å². The largest absolute Gasteiger partial charge is 0.364 e. The molecular formula is C20H18N6O. The van der Waals surface area contributed by atoms with Crippen molar-refractivity contribution in [1.82, 2.24) is 20.1 Å². The minimum absolute atomic E-state index is 0.564. The van der Waals surface area contributed by atoms with Crippen molar-refractivity contribution < 1.29 is 4.52 Å². The molecular weight excluding hydrogens is 340 g/mol. The number of rotatable bonds is 6. The quantitative estimate of drug-likeness (QED) is 0.534. The van der Waals surface area contributed by atoms with Crippen molar-refractivity contribution in [1.29, 1.82) is 0 Å². The molecule has 0 unspecified atom stereocenters. The van der Waals surface area contributed by atoms with E-state index in [4.69, 9.17) is 4.52 Å². The summed E-state index contributed by atoms with van der Waals surface area (Å²) in [6.45, 7) is 2.40. The first-order valence-corrected chi connectivity index (χ1v) is 8.55. The first kappa shape index (κ1) is 16.7.